The van der Waals surface area contributed by atoms with Crippen LogP contribution in [0.15, 0.2) is 22.4 Å². The minimum Gasteiger partial charge on any atom is -0.495 e. The van der Waals surface area contributed by atoms with E-state index in [1.165, 1.54) is 0 Å². The molecule has 0 aliphatic heterocycles. The number of hydrogen-bond acceptors (Lipinski definition) is 12. The lowest BCUT2D eigenvalue weighted by atomic mass is 10.1. The predicted molar refractivity (Wildman–Crippen MR) is 206 cm³/mol. The van der Waals surface area contributed by atoms with E-state index in [1.807, 2.05) is 19.1 Å². The summed E-state index contributed by atoms with van der Waals surface area (Å²) in [5, 5.41) is 28.2. The van der Waals surface area contributed by atoms with E-state index >= 15 is 0 Å². The average molecular weight is 736 g/mol. The number of azo groups is 1. The summed E-state index contributed by atoms with van der Waals surface area (Å²) in [5.41, 5.74) is 3.42. The summed E-state index contributed by atoms with van der Waals surface area (Å²) in [7, 11) is 10.5. The maximum Gasteiger partial charge on any atom is 0.158 e. The second kappa shape index (κ2) is 22.4. The number of nitriles is 2. The van der Waals surface area contributed by atoms with Crippen LogP contribution in [0.2, 0.25) is 0 Å². The van der Waals surface area contributed by atoms with Crippen molar-refractivity contribution in [3.63, 3.8) is 0 Å². The summed E-state index contributed by atoms with van der Waals surface area (Å²) in [6.45, 7) is 12.5. The highest BCUT2D eigenvalue weighted by Crippen LogP contribution is 2.38. The van der Waals surface area contributed by atoms with Gasteiger partial charge in [-0.25, -0.2) is 0 Å². The molecule has 1 aromatic carbocycles. The zero-order valence-corrected chi connectivity index (χ0v) is 33.1. The number of anilines is 1. The van der Waals surface area contributed by atoms with Crippen molar-refractivity contribution >= 4 is 53.0 Å². The molecular weight excluding hydrogens is 679 g/mol. The lowest BCUT2D eigenvalue weighted by Crippen LogP contribution is -2.43. The zero-order valence-electron chi connectivity index (χ0n) is 30.5. The fourth-order valence-corrected chi connectivity index (χ4v) is 6.22. The van der Waals surface area contributed by atoms with Gasteiger partial charge in [0.15, 0.2) is 5.00 Å². The summed E-state index contributed by atoms with van der Waals surface area (Å²) in [4.78, 5) is 2.68. The molecule has 0 aliphatic carbocycles. The fourth-order valence-electron chi connectivity index (χ4n) is 5.06. The molecule has 0 spiro atoms. The molecule has 11 nitrogen and oxygen atoms in total. The topological polar surface area (TPSA) is 112 Å². The van der Waals surface area contributed by atoms with Crippen molar-refractivity contribution in [3.8, 4) is 17.9 Å². The third-order valence-corrected chi connectivity index (χ3v) is 10.0. The van der Waals surface area contributed by atoms with E-state index in [9.17, 15) is 10.5 Å². The molecule has 272 valence electrons. The quantitative estimate of drug-likeness (QED) is 0.0542. The van der Waals surface area contributed by atoms with Crippen LogP contribution in [0, 0.1) is 36.5 Å². The Balaban J connectivity index is 2.10. The summed E-state index contributed by atoms with van der Waals surface area (Å²) in [6.07, 6.45) is 2.16. The van der Waals surface area contributed by atoms with Crippen LogP contribution in [0.4, 0.5) is 16.4 Å². The minimum atomic E-state index is 0.374. The number of likely N-dealkylation sites (N-methyl/N-ethyl adjacent to an activating group) is 2. The highest BCUT2D eigenvalue weighted by Gasteiger charge is 2.19. The molecule has 2 rings (SSSR count). The standard InChI is InChI=1S/C35H55N7O4S3/c1-28-24-32(33(43-7)25-31(28)38-39-35-30(26-36)29(2)34(27-37)49-35)40(10-16-44-18-14-41(3,4)12-8-22-47)11-17-45-20-21-46-19-15-42(5,6)13-9-23-48/h24-25H,8-23H2,1-7H3/p+2/b39-38+. The molecule has 0 N–H and O–H groups in total. The molecule has 0 unspecified atom stereocenters. The van der Waals surface area contributed by atoms with Crippen LogP contribution in [0.25, 0.3) is 0 Å². The Morgan fingerprint density at radius 3 is 1.84 bits per heavy atom. The Morgan fingerprint density at radius 1 is 0.776 bits per heavy atom. The normalized spacial score (nSPS) is 12.0. The van der Waals surface area contributed by atoms with Crippen LogP contribution in [0.3, 0.4) is 0 Å². The Hall–Kier alpha value is -2.40. The summed E-state index contributed by atoms with van der Waals surface area (Å²) in [6, 6.07) is 8.17. The van der Waals surface area contributed by atoms with Crippen LogP contribution in [-0.2, 0) is 14.2 Å². The first-order valence-electron chi connectivity index (χ1n) is 16.8. The Labute approximate surface area is 309 Å². The second-order valence-corrected chi connectivity index (χ2v) is 15.1. The van der Waals surface area contributed by atoms with Gasteiger partial charge in [-0.05, 0) is 42.5 Å². The molecule has 0 aliphatic rings. The Bertz CT molecular complexity index is 1400. The van der Waals surface area contributed by atoms with Crippen LogP contribution in [-0.4, -0.2) is 135 Å². The number of thiophene rings is 1. The zero-order chi connectivity index (χ0) is 36.3. The Kier molecular flexibility index (Phi) is 19.6. The van der Waals surface area contributed by atoms with E-state index in [2.05, 4.69) is 80.7 Å². The summed E-state index contributed by atoms with van der Waals surface area (Å²) >= 11 is 9.85. The fraction of sp³-hybridized carbons (Fsp3) is 0.657. The van der Waals surface area contributed by atoms with Gasteiger partial charge in [-0.15, -0.1) is 21.6 Å². The molecule has 14 heteroatoms. The molecule has 0 amide bonds. The van der Waals surface area contributed by atoms with Crippen LogP contribution < -0.4 is 9.64 Å². The molecule has 49 heavy (non-hydrogen) atoms. The monoisotopic (exact) mass is 735 g/mol. The number of thiol groups is 2. The first-order valence-corrected chi connectivity index (χ1v) is 18.9. The van der Waals surface area contributed by atoms with E-state index in [1.54, 1.807) is 14.0 Å². The first kappa shape index (κ1) is 42.8. The number of benzene rings is 1. The first-order chi connectivity index (χ1) is 23.4. The smallest absolute Gasteiger partial charge is 0.158 e. The lowest BCUT2D eigenvalue weighted by molar-refractivity contribution is -0.890. The third kappa shape index (κ3) is 15.2. The highest BCUT2D eigenvalue weighted by atomic mass is 32.1. The maximum absolute atomic E-state index is 9.60. The van der Waals surface area contributed by atoms with Gasteiger partial charge in [0.2, 0.25) is 0 Å². The van der Waals surface area contributed by atoms with Crippen molar-refractivity contribution in [3.05, 3.63) is 33.7 Å². The van der Waals surface area contributed by atoms with Crippen LogP contribution in [0.1, 0.15) is 34.4 Å². The molecule has 0 bridgehead atoms. The number of methoxy groups -OCH3 is 1. The maximum atomic E-state index is 9.60. The van der Waals surface area contributed by atoms with E-state index in [0.29, 0.717) is 85.2 Å². The Morgan fingerprint density at radius 2 is 1.33 bits per heavy atom. The van der Waals surface area contributed by atoms with Gasteiger partial charge < -0.3 is 32.8 Å². The SMILES string of the molecule is COc1cc(/N=N/c2sc(C#N)c(C)c2C#N)c(C)cc1N(CCOCCOCC[N+](C)(C)CCCS)CCOCC[N+](C)(C)CCCS. The van der Waals surface area contributed by atoms with Gasteiger partial charge in [0, 0.05) is 32.0 Å². The number of ether oxygens (including phenoxy) is 4. The van der Waals surface area contributed by atoms with Crippen molar-refractivity contribution in [1.82, 2.24) is 0 Å². The second-order valence-electron chi connectivity index (χ2n) is 13.2. The summed E-state index contributed by atoms with van der Waals surface area (Å²) in [5.74, 6) is 2.43. The lowest BCUT2D eigenvalue weighted by Gasteiger charge is -2.30. The number of nitrogens with zero attached hydrogens (tertiary/aromatic N) is 7. The highest BCUT2D eigenvalue weighted by molar-refractivity contribution is 7.80. The van der Waals surface area contributed by atoms with Gasteiger partial charge in [-0.1, -0.05) is 0 Å². The van der Waals surface area contributed by atoms with Crippen LogP contribution >= 0.6 is 36.6 Å². The predicted octanol–water partition coefficient (Wildman–Crippen LogP) is 6.18. The van der Waals surface area contributed by atoms with Crippen molar-refractivity contribution in [2.24, 2.45) is 10.2 Å². The van der Waals surface area contributed by atoms with Gasteiger partial charge in [0.05, 0.1) is 105 Å². The molecule has 0 radical (unpaired) electrons. The molecule has 0 saturated heterocycles. The third-order valence-electron chi connectivity index (χ3n) is 8.34. The molecule has 2 aromatic rings. The average Bonchev–Trinajstić information content (AvgIpc) is 3.39. The van der Waals surface area contributed by atoms with Gasteiger partial charge in [-0.2, -0.15) is 35.8 Å². The minimum absolute atomic E-state index is 0.374. The van der Waals surface area contributed by atoms with Crippen LogP contribution in [0.5, 0.6) is 5.75 Å². The molecule has 0 fully saturated rings. The number of quaternary nitrogens is 2. The number of rotatable bonds is 25. The number of aryl methyl sites for hydroxylation is 1. The molecular formula is C35H57N7O4S3+2. The van der Waals surface area contributed by atoms with E-state index in [0.717, 1.165) is 82.1 Å². The van der Waals surface area contributed by atoms with Gasteiger partial charge in [0.1, 0.15) is 35.9 Å². The van der Waals surface area contributed by atoms with Crippen molar-refractivity contribution in [1.29, 1.82) is 10.5 Å². The van der Waals surface area contributed by atoms with E-state index < -0.39 is 0 Å². The van der Waals surface area contributed by atoms with Crippen molar-refractivity contribution in [2.45, 2.75) is 26.7 Å². The molecule has 0 saturated carbocycles. The molecule has 1 aromatic heterocycles. The van der Waals surface area contributed by atoms with Crippen molar-refractivity contribution in [2.75, 3.05) is 131 Å². The van der Waals surface area contributed by atoms with E-state index in [-0.39, 0.29) is 0 Å². The largest absolute Gasteiger partial charge is 0.495 e. The van der Waals surface area contributed by atoms with Gasteiger partial charge >= 0.3 is 0 Å². The summed E-state index contributed by atoms with van der Waals surface area (Å²) < 4.78 is 25.6. The van der Waals surface area contributed by atoms with Crippen molar-refractivity contribution < 1.29 is 27.9 Å². The van der Waals surface area contributed by atoms with Gasteiger partial charge in [0.25, 0.3) is 0 Å². The van der Waals surface area contributed by atoms with Gasteiger partial charge in [-0.3, -0.25) is 0 Å². The molecule has 0 atom stereocenters. The molecule has 1 heterocycles. The number of hydrogen-bond donors (Lipinski definition) is 2. The van der Waals surface area contributed by atoms with E-state index in [4.69, 9.17) is 18.9 Å².